The van der Waals surface area contributed by atoms with E-state index in [1.54, 1.807) is 0 Å². The molecule has 1 aliphatic heterocycles. The second-order valence-corrected chi connectivity index (χ2v) is 8.10. The summed E-state index contributed by atoms with van der Waals surface area (Å²) in [5.41, 5.74) is -0.0966. The maximum Gasteiger partial charge on any atom is 0.318 e. The number of hydrogen-bond donors (Lipinski definition) is 1. The van der Waals surface area contributed by atoms with Gasteiger partial charge in [-0.2, -0.15) is 0 Å². The van der Waals surface area contributed by atoms with Crippen LogP contribution < -0.4 is 5.32 Å². The Morgan fingerprint density at radius 1 is 1.44 bits per heavy atom. The van der Waals surface area contributed by atoms with E-state index in [4.69, 9.17) is 0 Å². The number of hydrogen-bond acceptors (Lipinski definition) is 3. The number of carbonyl (C=O) groups is 1. The van der Waals surface area contributed by atoms with Gasteiger partial charge in [-0.25, -0.2) is 13.2 Å². The third-order valence-corrected chi connectivity index (χ3v) is 4.41. The average Bonchev–Trinajstić information content (AvgIpc) is 2.54. The van der Waals surface area contributed by atoms with E-state index < -0.39 is 9.84 Å². The highest BCUT2D eigenvalue weighted by atomic mass is 32.2. The molecule has 1 aliphatic rings. The first-order valence-electron chi connectivity index (χ1n) is 6.38. The van der Waals surface area contributed by atoms with Crippen molar-refractivity contribution in [2.24, 2.45) is 0 Å². The van der Waals surface area contributed by atoms with Gasteiger partial charge < -0.3 is 10.2 Å². The van der Waals surface area contributed by atoms with Crippen LogP contribution in [0.25, 0.3) is 0 Å². The number of amides is 2. The Balaban J connectivity index is 2.45. The van der Waals surface area contributed by atoms with E-state index in [9.17, 15) is 13.2 Å². The second kappa shape index (κ2) is 5.47. The SMILES string of the molecule is C[C@H](CCS(C)(=O)=O)NC(=O)N1CCCC1(C)C. The molecule has 1 saturated heterocycles. The van der Waals surface area contributed by atoms with Crippen LogP contribution in [0, 0.1) is 0 Å². The third kappa shape index (κ3) is 4.48. The van der Waals surface area contributed by atoms with Gasteiger partial charge in [-0.05, 0) is 40.0 Å². The van der Waals surface area contributed by atoms with E-state index in [1.165, 1.54) is 6.26 Å². The molecule has 106 valence electrons. The predicted octanol–water partition coefficient (Wildman–Crippen LogP) is 1.39. The molecule has 18 heavy (non-hydrogen) atoms. The van der Waals surface area contributed by atoms with E-state index in [-0.39, 0.29) is 23.4 Å². The number of nitrogens with zero attached hydrogens (tertiary/aromatic N) is 1. The van der Waals surface area contributed by atoms with E-state index >= 15 is 0 Å². The highest BCUT2D eigenvalue weighted by Gasteiger charge is 2.35. The molecule has 0 bridgehead atoms. The monoisotopic (exact) mass is 276 g/mol. The Kier molecular flexibility index (Phi) is 4.64. The molecule has 0 saturated carbocycles. The largest absolute Gasteiger partial charge is 0.335 e. The molecule has 0 aromatic rings. The van der Waals surface area contributed by atoms with Crippen molar-refractivity contribution in [1.29, 1.82) is 0 Å². The Bertz CT molecular complexity index is 404. The van der Waals surface area contributed by atoms with Crippen molar-refractivity contribution in [3.63, 3.8) is 0 Å². The standard InChI is InChI=1S/C12H24N2O3S/c1-10(6-9-18(4,16)17)13-11(15)14-8-5-7-12(14,2)3/h10H,5-9H2,1-4H3,(H,13,15)/t10-/m1/s1. The van der Waals surface area contributed by atoms with Crippen molar-refractivity contribution in [2.75, 3.05) is 18.6 Å². The number of sulfone groups is 1. The lowest BCUT2D eigenvalue weighted by Crippen LogP contribution is -2.50. The molecule has 2 amide bonds. The summed E-state index contributed by atoms with van der Waals surface area (Å²) in [7, 11) is -2.96. The first kappa shape index (κ1) is 15.3. The van der Waals surface area contributed by atoms with Gasteiger partial charge in [0.15, 0.2) is 0 Å². The molecule has 5 nitrogen and oxygen atoms in total. The highest BCUT2D eigenvalue weighted by Crippen LogP contribution is 2.27. The molecule has 0 spiro atoms. The van der Waals surface area contributed by atoms with Crippen LogP contribution in [-0.4, -0.2) is 49.5 Å². The maximum absolute atomic E-state index is 12.1. The van der Waals surface area contributed by atoms with Gasteiger partial charge in [-0.15, -0.1) is 0 Å². The summed E-state index contributed by atoms with van der Waals surface area (Å²) in [6, 6.07) is -0.206. The quantitative estimate of drug-likeness (QED) is 0.844. The summed E-state index contributed by atoms with van der Waals surface area (Å²) in [5.74, 6) is 0.109. The molecule has 0 aliphatic carbocycles. The van der Waals surface area contributed by atoms with Crippen molar-refractivity contribution >= 4 is 15.9 Å². The van der Waals surface area contributed by atoms with Gasteiger partial charge in [0, 0.05) is 24.4 Å². The van der Waals surface area contributed by atoms with Crippen molar-refractivity contribution in [3.05, 3.63) is 0 Å². The Morgan fingerprint density at radius 3 is 2.50 bits per heavy atom. The maximum atomic E-state index is 12.1. The number of carbonyl (C=O) groups excluding carboxylic acids is 1. The summed E-state index contributed by atoms with van der Waals surface area (Å²) in [6.45, 7) is 6.73. The van der Waals surface area contributed by atoms with Crippen molar-refractivity contribution in [2.45, 2.75) is 51.6 Å². The fourth-order valence-electron chi connectivity index (χ4n) is 2.24. The Labute approximate surface area is 110 Å². The first-order chi connectivity index (χ1) is 8.12. The molecule has 1 fully saturated rings. The predicted molar refractivity (Wildman–Crippen MR) is 72.3 cm³/mol. The third-order valence-electron chi connectivity index (χ3n) is 3.44. The van der Waals surface area contributed by atoms with Gasteiger partial charge in [-0.1, -0.05) is 0 Å². The zero-order valence-corrected chi connectivity index (χ0v) is 12.5. The van der Waals surface area contributed by atoms with Gasteiger partial charge in [0.1, 0.15) is 9.84 Å². The fraction of sp³-hybridized carbons (Fsp3) is 0.917. The molecule has 1 N–H and O–H groups in total. The van der Waals surface area contributed by atoms with Gasteiger partial charge in [-0.3, -0.25) is 0 Å². The molecular formula is C12H24N2O3S. The van der Waals surface area contributed by atoms with Crippen LogP contribution in [-0.2, 0) is 9.84 Å². The Morgan fingerprint density at radius 2 is 2.06 bits per heavy atom. The van der Waals surface area contributed by atoms with Gasteiger partial charge in [0.25, 0.3) is 0 Å². The Hall–Kier alpha value is -0.780. The molecule has 1 heterocycles. The first-order valence-corrected chi connectivity index (χ1v) is 8.44. The summed E-state index contributed by atoms with van der Waals surface area (Å²) in [6.07, 6.45) is 3.71. The molecule has 1 rings (SSSR count). The van der Waals surface area contributed by atoms with E-state index in [0.29, 0.717) is 6.42 Å². The minimum atomic E-state index is -2.96. The van der Waals surface area contributed by atoms with Crippen molar-refractivity contribution in [1.82, 2.24) is 10.2 Å². The van der Waals surface area contributed by atoms with Crippen LogP contribution in [0.4, 0.5) is 4.79 Å². The van der Waals surface area contributed by atoms with Crippen LogP contribution >= 0.6 is 0 Å². The summed E-state index contributed by atoms with van der Waals surface area (Å²) in [4.78, 5) is 13.9. The summed E-state index contributed by atoms with van der Waals surface area (Å²) in [5, 5.41) is 2.87. The lowest BCUT2D eigenvalue weighted by molar-refractivity contribution is 0.162. The smallest absolute Gasteiger partial charge is 0.318 e. The van der Waals surface area contributed by atoms with Gasteiger partial charge in [0.2, 0.25) is 0 Å². The normalized spacial score (nSPS) is 20.8. The molecule has 0 radical (unpaired) electrons. The minimum absolute atomic E-state index is 0.0847. The topological polar surface area (TPSA) is 66.5 Å². The number of urea groups is 1. The number of nitrogens with one attached hydrogen (secondary N) is 1. The summed E-state index contributed by atoms with van der Waals surface area (Å²) >= 11 is 0. The molecule has 6 heteroatoms. The molecule has 0 aromatic heterocycles. The van der Waals surface area contributed by atoms with Crippen LogP contribution in [0.15, 0.2) is 0 Å². The zero-order valence-electron chi connectivity index (χ0n) is 11.7. The number of likely N-dealkylation sites (tertiary alicyclic amines) is 1. The van der Waals surface area contributed by atoms with Crippen LogP contribution in [0.1, 0.15) is 40.0 Å². The van der Waals surface area contributed by atoms with Crippen LogP contribution in [0.3, 0.4) is 0 Å². The number of rotatable bonds is 4. The van der Waals surface area contributed by atoms with Crippen molar-refractivity contribution in [3.8, 4) is 0 Å². The van der Waals surface area contributed by atoms with Crippen LogP contribution in [0.5, 0.6) is 0 Å². The minimum Gasteiger partial charge on any atom is -0.335 e. The van der Waals surface area contributed by atoms with Crippen LogP contribution in [0.2, 0.25) is 0 Å². The lowest BCUT2D eigenvalue weighted by Gasteiger charge is -2.32. The summed E-state index contributed by atoms with van der Waals surface area (Å²) < 4.78 is 22.1. The average molecular weight is 276 g/mol. The van der Waals surface area contributed by atoms with Crippen molar-refractivity contribution < 1.29 is 13.2 Å². The van der Waals surface area contributed by atoms with Gasteiger partial charge in [0.05, 0.1) is 5.75 Å². The van der Waals surface area contributed by atoms with E-state index in [0.717, 1.165) is 19.4 Å². The zero-order chi connectivity index (χ0) is 14.0. The van der Waals surface area contributed by atoms with E-state index in [2.05, 4.69) is 19.2 Å². The van der Waals surface area contributed by atoms with Gasteiger partial charge >= 0.3 is 6.03 Å². The second-order valence-electron chi connectivity index (χ2n) is 5.84. The fourth-order valence-corrected chi connectivity index (χ4v) is 3.02. The highest BCUT2D eigenvalue weighted by molar-refractivity contribution is 7.90. The molecule has 1 atom stereocenters. The molecule has 0 aromatic carbocycles. The van der Waals surface area contributed by atoms with E-state index in [1.807, 2.05) is 11.8 Å². The lowest BCUT2D eigenvalue weighted by atomic mass is 10.0. The molecule has 0 unspecified atom stereocenters. The molecular weight excluding hydrogens is 252 g/mol.